The monoisotopic (exact) mass is 334 g/mol. The lowest BCUT2D eigenvalue weighted by Crippen LogP contribution is -2.19. The lowest BCUT2D eigenvalue weighted by Gasteiger charge is -2.13. The molecule has 1 heterocycles. The van der Waals surface area contributed by atoms with Crippen LogP contribution in [0.1, 0.15) is 5.56 Å². The number of ether oxygens (including phenoxy) is 1. The van der Waals surface area contributed by atoms with Crippen molar-refractivity contribution in [2.24, 2.45) is 4.99 Å². The maximum atomic E-state index is 13.3. The molecule has 1 aliphatic heterocycles. The quantitative estimate of drug-likeness (QED) is 0.856. The molecular formula is C17H13F3N2O2. The van der Waals surface area contributed by atoms with Gasteiger partial charge in [-0.05, 0) is 30.3 Å². The fourth-order valence-corrected chi connectivity index (χ4v) is 2.30. The number of fused-ring (bicyclic) bond motifs is 1. The standard InChI is InChI=1S/C17H13F3N2O2/c1-24-10-6-7-11(15(23)8-10)14-9-16(17(18,19)20)22-13-5-3-2-4-12(13)21-14/h2-9,22-23H,1H3. The van der Waals surface area contributed by atoms with Crippen LogP contribution in [0.25, 0.3) is 0 Å². The zero-order valence-corrected chi connectivity index (χ0v) is 12.6. The first kappa shape index (κ1) is 15.9. The predicted octanol–water partition coefficient (Wildman–Crippen LogP) is 4.39. The molecular weight excluding hydrogens is 321 g/mol. The number of halogens is 3. The number of hydrogen-bond donors (Lipinski definition) is 2. The van der Waals surface area contributed by atoms with Crippen molar-refractivity contribution in [2.45, 2.75) is 6.18 Å². The van der Waals surface area contributed by atoms with Crippen LogP contribution >= 0.6 is 0 Å². The molecule has 0 bridgehead atoms. The Balaban J connectivity index is 2.18. The smallest absolute Gasteiger partial charge is 0.431 e. The zero-order valence-electron chi connectivity index (χ0n) is 12.6. The number of benzene rings is 2. The van der Waals surface area contributed by atoms with Crippen molar-refractivity contribution in [2.75, 3.05) is 12.4 Å². The van der Waals surface area contributed by atoms with Crippen LogP contribution < -0.4 is 10.1 Å². The first-order chi connectivity index (χ1) is 11.4. The normalized spacial score (nSPS) is 14.0. The molecule has 7 heteroatoms. The summed E-state index contributed by atoms with van der Waals surface area (Å²) in [4.78, 5) is 4.27. The number of phenolic OH excluding ortho intramolecular Hbond substituents is 1. The van der Waals surface area contributed by atoms with Crippen molar-refractivity contribution in [1.82, 2.24) is 0 Å². The van der Waals surface area contributed by atoms with Crippen LogP contribution in [0.2, 0.25) is 0 Å². The molecule has 0 saturated heterocycles. The lowest BCUT2D eigenvalue weighted by molar-refractivity contribution is -0.0901. The Labute approximate surface area is 135 Å². The first-order valence-corrected chi connectivity index (χ1v) is 6.99. The number of alkyl halides is 3. The highest BCUT2D eigenvalue weighted by atomic mass is 19.4. The highest BCUT2D eigenvalue weighted by molar-refractivity contribution is 6.13. The second-order valence-corrected chi connectivity index (χ2v) is 5.08. The van der Waals surface area contributed by atoms with Gasteiger partial charge in [0, 0.05) is 11.6 Å². The lowest BCUT2D eigenvalue weighted by atomic mass is 10.1. The molecule has 24 heavy (non-hydrogen) atoms. The summed E-state index contributed by atoms with van der Waals surface area (Å²) >= 11 is 0. The molecule has 0 saturated carbocycles. The molecule has 124 valence electrons. The molecule has 2 aromatic carbocycles. The summed E-state index contributed by atoms with van der Waals surface area (Å²) < 4.78 is 44.8. The minimum atomic E-state index is -4.58. The number of phenols is 1. The van der Waals surface area contributed by atoms with Gasteiger partial charge >= 0.3 is 6.18 Å². The Kier molecular flexibility index (Phi) is 3.92. The van der Waals surface area contributed by atoms with Gasteiger partial charge in [0.15, 0.2) is 0 Å². The van der Waals surface area contributed by atoms with E-state index in [0.717, 1.165) is 6.08 Å². The molecule has 0 unspecified atom stereocenters. The summed E-state index contributed by atoms with van der Waals surface area (Å²) in [6.45, 7) is 0. The Bertz CT molecular complexity index is 842. The Morgan fingerprint density at radius 3 is 2.54 bits per heavy atom. The van der Waals surface area contributed by atoms with E-state index in [0.29, 0.717) is 11.4 Å². The number of anilines is 1. The fourth-order valence-electron chi connectivity index (χ4n) is 2.30. The summed E-state index contributed by atoms with van der Waals surface area (Å²) in [6, 6.07) is 10.7. The van der Waals surface area contributed by atoms with Gasteiger partial charge in [0.05, 0.1) is 24.2 Å². The van der Waals surface area contributed by atoms with E-state index >= 15 is 0 Å². The van der Waals surface area contributed by atoms with E-state index in [4.69, 9.17) is 4.74 Å². The molecule has 3 rings (SSSR count). The van der Waals surface area contributed by atoms with Crippen LogP contribution in [0.4, 0.5) is 24.5 Å². The molecule has 0 fully saturated rings. The molecule has 0 aromatic heterocycles. The van der Waals surface area contributed by atoms with Gasteiger partial charge < -0.3 is 15.2 Å². The first-order valence-electron chi connectivity index (χ1n) is 6.99. The van der Waals surface area contributed by atoms with Gasteiger partial charge in [-0.3, -0.25) is 0 Å². The SMILES string of the molecule is COc1ccc(C2=Nc3ccccc3NC(C(F)(F)F)=C2)c(O)c1. The van der Waals surface area contributed by atoms with Gasteiger partial charge in [-0.15, -0.1) is 0 Å². The minimum Gasteiger partial charge on any atom is -0.507 e. The average molecular weight is 334 g/mol. The van der Waals surface area contributed by atoms with Gasteiger partial charge in [0.1, 0.15) is 17.2 Å². The predicted molar refractivity (Wildman–Crippen MR) is 85.1 cm³/mol. The number of allylic oxidation sites excluding steroid dienone is 2. The number of methoxy groups -OCH3 is 1. The van der Waals surface area contributed by atoms with E-state index < -0.39 is 11.9 Å². The van der Waals surface area contributed by atoms with Crippen molar-refractivity contribution in [3.63, 3.8) is 0 Å². The van der Waals surface area contributed by atoms with Crippen LogP contribution in [0.15, 0.2) is 59.2 Å². The van der Waals surface area contributed by atoms with Crippen molar-refractivity contribution in [3.8, 4) is 11.5 Å². The number of aromatic hydroxyl groups is 1. The topological polar surface area (TPSA) is 53.8 Å². The Morgan fingerprint density at radius 2 is 1.88 bits per heavy atom. The van der Waals surface area contributed by atoms with Gasteiger partial charge in [-0.2, -0.15) is 13.2 Å². The fraction of sp³-hybridized carbons (Fsp3) is 0.118. The van der Waals surface area contributed by atoms with Crippen LogP contribution in [-0.4, -0.2) is 24.1 Å². The van der Waals surface area contributed by atoms with Gasteiger partial charge in [0.25, 0.3) is 0 Å². The maximum absolute atomic E-state index is 13.3. The average Bonchev–Trinajstić information content (AvgIpc) is 2.73. The van der Waals surface area contributed by atoms with E-state index in [1.165, 1.54) is 25.3 Å². The van der Waals surface area contributed by atoms with Crippen molar-refractivity contribution in [1.29, 1.82) is 0 Å². The Hall–Kier alpha value is -2.96. The number of aliphatic imine (C=N–C) groups is 1. The second-order valence-electron chi connectivity index (χ2n) is 5.08. The number of hydrogen-bond acceptors (Lipinski definition) is 4. The highest BCUT2D eigenvalue weighted by Crippen LogP contribution is 2.36. The maximum Gasteiger partial charge on any atom is 0.431 e. The van der Waals surface area contributed by atoms with Crippen LogP contribution in [0.5, 0.6) is 11.5 Å². The summed E-state index contributed by atoms with van der Waals surface area (Å²) in [5.41, 5.74) is -0.195. The van der Waals surface area contributed by atoms with Gasteiger partial charge in [-0.25, -0.2) is 4.99 Å². The number of nitrogens with zero attached hydrogens (tertiary/aromatic N) is 1. The molecule has 0 radical (unpaired) electrons. The van der Waals surface area contributed by atoms with E-state index in [2.05, 4.69) is 10.3 Å². The Morgan fingerprint density at radius 1 is 1.12 bits per heavy atom. The number of para-hydroxylation sites is 2. The molecule has 0 aliphatic carbocycles. The summed E-state index contributed by atoms with van der Waals surface area (Å²) in [5, 5.41) is 12.5. The molecule has 1 aliphatic rings. The highest BCUT2D eigenvalue weighted by Gasteiger charge is 2.35. The summed E-state index contributed by atoms with van der Waals surface area (Å²) in [7, 11) is 1.43. The third-order valence-corrected chi connectivity index (χ3v) is 3.48. The third kappa shape index (κ3) is 3.05. The molecule has 0 atom stereocenters. The third-order valence-electron chi connectivity index (χ3n) is 3.48. The van der Waals surface area contributed by atoms with E-state index in [1.54, 1.807) is 24.3 Å². The van der Waals surface area contributed by atoms with Crippen molar-refractivity contribution >= 4 is 17.1 Å². The largest absolute Gasteiger partial charge is 0.507 e. The molecule has 4 nitrogen and oxygen atoms in total. The van der Waals surface area contributed by atoms with Crippen LogP contribution in [0, 0.1) is 0 Å². The van der Waals surface area contributed by atoms with E-state index in [1.807, 2.05) is 0 Å². The zero-order chi connectivity index (χ0) is 17.3. The second kappa shape index (κ2) is 5.92. The molecule has 0 spiro atoms. The number of rotatable bonds is 2. The van der Waals surface area contributed by atoms with Gasteiger partial charge in [0.2, 0.25) is 0 Å². The van der Waals surface area contributed by atoms with E-state index in [9.17, 15) is 18.3 Å². The van der Waals surface area contributed by atoms with Gasteiger partial charge in [-0.1, -0.05) is 12.1 Å². The minimum absolute atomic E-state index is 0.0000666. The van der Waals surface area contributed by atoms with Crippen molar-refractivity contribution in [3.05, 3.63) is 59.8 Å². The van der Waals surface area contributed by atoms with E-state index in [-0.39, 0.29) is 22.7 Å². The molecule has 0 amide bonds. The molecule has 2 N–H and O–H groups in total. The molecule has 2 aromatic rings. The summed E-state index contributed by atoms with van der Waals surface area (Å²) in [5.74, 6) is 0.175. The van der Waals surface area contributed by atoms with Crippen LogP contribution in [-0.2, 0) is 0 Å². The van der Waals surface area contributed by atoms with Crippen LogP contribution in [0.3, 0.4) is 0 Å². The number of nitrogens with one attached hydrogen (secondary N) is 1. The summed E-state index contributed by atoms with van der Waals surface area (Å²) in [6.07, 6.45) is -3.71. The van der Waals surface area contributed by atoms with Crippen molar-refractivity contribution < 1.29 is 23.0 Å².